The van der Waals surface area contributed by atoms with Gasteiger partial charge in [-0.2, -0.15) is 0 Å². The second kappa shape index (κ2) is 14.1. The molecule has 0 saturated carbocycles. The number of carboxylic acids is 1. The molecule has 1 aliphatic heterocycles. The fraction of sp³-hybridized carbons (Fsp3) is 0.393. The van der Waals surface area contributed by atoms with Crippen molar-refractivity contribution in [2.24, 2.45) is 11.5 Å². The van der Waals surface area contributed by atoms with Crippen molar-refractivity contribution in [3.8, 4) is 5.75 Å². The summed E-state index contributed by atoms with van der Waals surface area (Å²) in [6, 6.07) is 10.5. The van der Waals surface area contributed by atoms with E-state index in [-0.39, 0.29) is 38.0 Å². The van der Waals surface area contributed by atoms with Crippen LogP contribution in [0, 0.1) is 0 Å². The van der Waals surface area contributed by atoms with E-state index in [4.69, 9.17) is 11.5 Å². The van der Waals surface area contributed by atoms with Crippen molar-refractivity contribution in [2.45, 2.75) is 62.7 Å². The van der Waals surface area contributed by atoms with Gasteiger partial charge < -0.3 is 37.2 Å². The highest BCUT2D eigenvalue weighted by atomic mass is 16.4. The van der Waals surface area contributed by atoms with E-state index in [0.29, 0.717) is 24.0 Å². The van der Waals surface area contributed by atoms with Gasteiger partial charge in [-0.15, -0.1) is 0 Å². The first-order valence-electron chi connectivity index (χ1n) is 13.0. The Kier molecular flexibility index (Phi) is 10.6. The van der Waals surface area contributed by atoms with E-state index in [0.717, 1.165) is 0 Å². The number of nitrogens with two attached hydrogens (primary N) is 2. The third kappa shape index (κ3) is 8.53. The van der Waals surface area contributed by atoms with Gasteiger partial charge in [0.15, 0.2) is 0 Å². The predicted molar refractivity (Wildman–Crippen MR) is 145 cm³/mol. The monoisotopic (exact) mass is 553 g/mol. The number of benzene rings is 2. The third-order valence-corrected chi connectivity index (χ3v) is 6.76. The number of hydrogen-bond acceptors (Lipinski definition) is 7. The number of carboxylic acid groups (broad SMARTS) is 1. The van der Waals surface area contributed by atoms with Gasteiger partial charge in [-0.1, -0.05) is 42.5 Å². The molecular weight excluding hydrogens is 518 g/mol. The number of aliphatic carboxylic acids is 1. The Labute approximate surface area is 231 Å². The second-order valence-electron chi connectivity index (χ2n) is 9.82. The highest BCUT2D eigenvalue weighted by Gasteiger charge is 2.38. The summed E-state index contributed by atoms with van der Waals surface area (Å²) in [6.07, 6.45) is 0.909. The maximum atomic E-state index is 13.4. The van der Waals surface area contributed by atoms with Crippen LogP contribution >= 0.6 is 0 Å². The van der Waals surface area contributed by atoms with E-state index in [9.17, 15) is 34.2 Å². The molecule has 1 saturated heterocycles. The van der Waals surface area contributed by atoms with Gasteiger partial charge in [-0.3, -0.25) is 19.2 Å². The van der Waals surface area contributed by atoms with Crippen molar-refractivity contribution < 1.29 is 34.2 Å². The van der Waals surface area contributed by atoms with Crippen molar-refractivity contribution in [1.82, 2.24) is 15.5 Å². The number of primary amides is 1. The molecule has 0 bridgehead atoms. The topological polar surface area (TPSA) is 205 Å². The summed E-state index contributed by atoms with van der Waals surface area (Å²) >= 11 is 0. The van der Waals surface area contributed by atoms with E-state index in [2.05, 4.69) is 10.6 Å². The predicted octanol–water partition coefficient (Wildman–Crippen LogP) is -0.185. The molecule has 4 atom stereocenters. The van der Waals surface area contributed by atoms with Crippen molar-refractivity contribution in [2.75, 3.05) is 6.54 Å². The Morgan fingerprint density at radius 3 is 2.17 bits per heavy atom. The molecule has 4 unspecified atom stereocenters. The fourth-order valence-electron chi connectivity index (χ4n) is 4.60. The average Bonchev–Trinajstić information content (AvgIpc) is 3.42. The van der Waals surface area contributed by atoms with Gasteiger partial charge in [0.25, 0.3) is 0 Å². The maximum absolute atomic E-state index is 13.4. The molecule has 4 amide bonds. The first-order chi connectivity index (χ1) is 19.0. The minimum absolute atomic E-state index is 0.00826. The molecule has 12 nitrogen and oxygen atoms in total. The SMILES string of the molecule is NC(=O)CCC(N)C(=O)N1CCCC1C(=O)NC(Cc1ccc(O)cc1)C(=O)NC(Cc1ccccc1)C(=O)O. The molecule has 1 fully saturated rings. The maximum Gasteiger partial charge on any atom is 0.326 e. The smallest absolute Gasteiger partial charge is 0.326 e. The zero-order valence-electron chi connectivity index (χ0n) is 22.0. The molecule has 0 spiro atoms. The number of phenols is 1. The van der Waals surface area contributed by atoms with Crippen LogP contribution in [0.3, 0.4) is 0 Å². The normalized spacial score (nSPS) is 16.9. The van der Waals surface area contributed by atoms with E-state index >= 15 is 0 Å². The molecule has 3 rings (SSSR count). The molecule has 1 heterocycles. The number of amides is 4. The Morgan fingerprint density at radius 2 is 1.55 bits per heavy atom. The first-order valence-corrected chi connectivity index (χ1v) is 13.0. The van der Waals surface area contributed by atoms with E-state index in [1.54, 1.807) is 42.5 Å². The Bertz CT molecular complexity index is 1210. The number of hydrogen-bond donors (Lipinski definition) is 6. The van der Waals surface area contributed by atoms with Crippen LogP contribution in [-0.2, 0) is 36.8 Å². The molecule has 2 aromatic carbocycles. The summed E-state index contributed by atoms with van der Waals surface area (Å²) in [5, 5.41) is 24.6. The largest absolute Gasteiger partial charge is 0.508 e. The highest BCUT2D eigenvalue weighted by molar-refractivity contribution is 5.94. The minimum Gasteiger partial charge on any atom is -0.508 e. The van der Waals surface area contributed by atoms with Crippen molar-refractivity contribution in [1.29, 1.82) is 0 Å². The quantitative estimate of drug-likeness (QED) is 0.196. The van der Waals surface area contributed by atoms with Gasteiger partial charge in [0.05, 0.1) is 6.04 Å². The number of carbonyl (C=O) groups excluding carboxylic acids is 4. The molecule has 40 heavy (non-hydrogen) atoms. The molecule has 12 heteroatoms. The summed E-state index contributed by atoms with van der Waals surface area (Å²) in [7, 11) is 0. The van der Waals surface area contributed by atoms with Crippen LogP contribution in [0.1, 0.15) is 36.8 Å². The van der Waals surface area contributed by atoms with Gasteiger partial charge in [-0.05, 0) is 42.5 Å². The molecule has 2 aromatic rings. The van der Waals surface area contributed by atoms with Crippen molar-refractivity contribution in [3.63, 3.8) is 0 Å². The number of phenolic OH excluding ortho intramolecular Hbond substituents is 1. The summed E-state index contributed by atoms with van der Waals surface area (Å²) in [6.45, 7) is 0.286. The zero-order chi connectivity index (χ0) is 29.2. The summed E-state index contributed by atoms with van der Waals surface area (Å²) in [4.78, 5) is 64.0. The molecular formula is C28H35N5O7. The first kappa shape index (κ1) is 30.1. The number of aromatic hydroxyl groups is 1. The Balaban J connectivity index is 1.76. The van der Waals surface area contributed by atoms with Crippen LogP contribution in [-0.4, -0.2) is 75.4 Å². The third-order valence-electron chi connectivity index (χ3n) is 6.76. The number of nitrogens with one attached hydrogen (secondary N) is 2. The lowest BCUT2D eigenvalue weighted by molar-refractivity contribution is -0.143. The van der Waals surface area contributed by atoms with E-state index in [1.807, 2.05) is 0 Å². The number of carbonyl (C=O) groups is 5. The van der Waals surface area contributed by atoms with Gasteiger partial charge in [-0.25, -0.2) is 4.79 Å². The Hall–Kier alpha value is -4.45. The molecule has 0 aliphatic carbocycles. The van der Waals surface area contributed by atoms with Crippen LogP contribution in [0.5, 0.6) is 5.75 Å². The van der Waals surface area contributed by atoms with Crippen molar-refractivity contribution >= 4 is 29.6 Å². The molecule has 214 valence electrons. The van der Waals surface area contributed by atoms with Crippen LogP contribution in [0.25, 0.3) is 0 Å². The molecule has 0 aromatic heterocycles. The molecule has 1 aliphatic rings. The van der Waals surface area contributed by atoms with Gasteiger partial charge >= 0.3 is 5.97 Å². The van der Waals surface area contributed by atoms with E-state index in [1.165, 1.54) is 17.0 Å². The summed E-state index contributed by atoms with van der Waals surface area (Å²) in [5.74, 6) is -3.58. The minimum atomic E-state index is -1.25. The lowest BCUT2D eigenvalue weighted by Gasteiger charge is -2.28. The van der Waals surface area contributed by atoms with E-state index < -0.39 is 53.8 Å². The van der Waals surface area contributed by atoms with Gasteiger partial charge in [0, 0.05) is 25.8 Å². The van der Waals surface area contributed by atoms with Crippen LogP contribution in [0.15, 0.2) is 54.6 Å². The molecule has 8 N–H and O–H groups in total. The lowest BCUT2D eigenvalue weighted by Crippen LogP contribution is -2.57. The average molecular weight is 554 g/mol. The highest BCUT2D eigenvalue weighted by Crippen LogP contribution is 2.20. The Morgan fingerprint density at radius 1 is 0.925 bits per heavy atom. The van der Waals surface area contributed by atoms with Gasteiger partial charge in [0.1, 0.15) is 23.9 Å². The summed E-state index contributed by atoms with van der Waals surface area (Å²) in [5.41, 5.74) is 12.4. The number of nitrogens with zero attached hydrogens (tertiary/aromatic N) is 1. The second-order valence-corrected chi connectivity index (χ2v) is 9.82. The van der Waals surface area contributed by atoms with Crippen LogP contribution in [0.4, 0.5) is 0 Å². The number of likely N-dealkylation sites (tertiary alicyclic amines) is 1. The lowest BCUT2D eigenvalue weighted by atomic mass is 10.0. The van der Waals surface area contributed by atoms with Crippen LogP contribution < -0.4 is 22.1 Å². The fourth-order valence-corrected chi connectivity index (χ4v) is 4.60. The zero-order valence-corrected chi connectivity index (χ0v) is 22.0. The molecule has 0 radical (unpaired) electrons. The van der Waals surface area contributed by atoms with Crippen molar-refractivity contribution in [3.05, 3.63) is 65.7 Å². The standard InChI is InChI=1S/C28H35N5O7/c29-20(12-13-24(30)35)27(38)33-14-4-7-23(33)26(37)31-21(15-18-8-10-19(34)11-9-18)25(36)32-22(28(39)40)16-17-5-2-1-3-6-17/h1-3,5-6,8-11,20-23,34H,4,7,12-16,29H2,(H2,30,35)(H,31,37)(H,32,36)(H,39,40). The number of rotatable bonds is 13. The van der Waals surface area contributed by atoms with Crippen LogP contribution in [0.2, 0.25) is 0 Å². The van der Waals surface area contributed by atoms with Gasteiger partial charge in [0.2, 0.25) is 23.6 Å². The summed E-state index contributed by atoms with van der Waals surface area (Å²) < 4.78 is 0.